The van der Waals surface area contributed by atoms with E-state index in [1.807, 2.05) is 0 Å². The summed E-state index contributed by atoms with van der Waals surface area (Å²) in [5.74, 6) is -0.454. The minimum atomic E-state index is -3.82. The summed E-state index contributed by atoms with van der Waals surface area (Å²) in [5.41, 5.74) is 0.775. The zero-order valence-corrected chi connectivity index (χ0v) is 20.5. The molecule has 1 heterocycles. The summed E-state index contributed by atoms with van der Waals surface area (Å²) in [5, 5.41) is 2.64. The van der Waals surface area contributed by atoms with Crippen molar-refractivity contribution < 1.29 is 31.1 Å². The molecule has 2 aromatic rings. The number of rotatable bonds is 7. The number of amides is 1. The van der Waals surface area contributed by atoms with Crippen molar-refractivity contribution in [2.75, 3.05) is 52.8 Å². The second-order valence-electron chi connectivity index (χ2n) is 7.60. The van der Waals surface area contributed by atoms with Gasteiger partial charge in [-0.15, -0.1) is 0 Å². The highest BCUT2D eigenvalue weighted by Crippen LogP contribution is 2.27. The molecule has 1 N–H and O–H groups in total. The molecule has 180 valence electrons. The van der Waals surface area contributed by atoms with E-state index in [0.717, 1.165) is 4.31 Å². The fourth-order valence-corrected chi connectivity index (χ4v) is 5.89. The molecule has 33 heavy (non-hydrogen) atoms. The highest BCUT2D eigenvalue weighted by atomic mass is 32.2. The first kappa shape index (κ1) is 25.1. The highest BCUT2D eigenvalue weighted by molar-refractivity contribution is 7.89. The van der Waals surface area contributed by atoms with Crippen LogP contribution in [0.5, 0.6) is 5.75 Å². The van der Waals surface area contributed by atoms with Gasteiger partial charge in [-0.25, -0.2) is 21.1 Å². The molecule has 0 saturated carbocycles. The quantitative estimate of drug-likeness (QED) is 0.615. The molecule has 12 heteroatoms. The minimum Gasteiger partial charge on any atom is -0.496 e. The normalized spacial score (nSPS) is 15.4. The van der Waals surface area contributed by atoms with Gasteiger partial charge < -0.3 is 14.8 Å². The standard InChI is InChI=1S/C21H27N3O7S2/c1-15-5-6-16(13-20(15)33(28,29)23(2)3)22-21(25)18-14-17(7-8-19(18)30-4)32(26,27)24-9-11-31-12-10-24/h5-8,13-14H,9-12H2,1-4H3,(H,22,25). The summed E-state index contributed by atoms with van der Waals surface area (Å²) in [6, 6.07) is 8.58. The SMILES string of the molecule is COc1ccc(S(=O)(=O)N2CCOCC2)cc1C(=O)Nc1ccc(C)c(S(=O)(=O)N(C)C)c1. The third kappa shape index (κ3) is 5.20. The Bertz CT molecular complexity index is 1250. The fraction of sp³-hybridized carbons (Fsp3) is 0.381. The number of nitrogens with zero attached hydrogens (tertiary/aromatic N) is 2. The maximum Gasteiger partial charge on any atom is 0.259 e. The molecule has 0 spiro atoms. The van der Waals surface area contributed by atoms with Crippen LogP contribution in [0.1, 0.15) is 15.9 Å². The number of morpholine rings is 1. The first-order valence-electron chi connectivity index (χ1n) is 10.1. The van der Waals surface area contributed by atoms with Crippen LogP contribution in [0, 0.1) is 6.92 Å². The van der Waals surface area contributed by atoms with Crippen molar-refractivity contribution in [2.45, 2.75) is 16.7 Å². The van der Waals surface area contributed by atoms with E-state index in [0.29, 0.717) is 18.8 Å². The summed E-state index contributed by atoms with van der Waals surface area (Å²) in [4.78, 5) is 13.1. The smallest absolute Gasteiger partial charge is 0.259 e. The van der Waals surface area contributed by atoms with Crippen LogP contribution in [0.3, 0.4) is 0 Å². The summed E-state index contributed by atoms with van der Waals surface area (Å²) in [6.45, 7) is 2.71. The van der Waals surface area contributed by atoms with Crippen molar-refractivity contribution in [3.63, 3.8) is 0 Å². The number of carbonyl (C=O) groups is 1. The first-order valence-corrected chi connectivity index (χ1v) is 13.0. The topological polar surface area (TPSA) is 122 Å². The predicted octanol–water partition coefficient (Wildman–Crippen LogP) is 1.53. The van der Waals surface area contributed by atoms with Gasteiger partial charge in [0.25, 0.3) is 5.91 Å². The molecule has 3 rings (SSSR count). The van der Waals surface area contributed by atoms with E-state index in [1.165, 1.54) is 49.8 Å². The number of methoxy groups -OCH3 is 1. The van der Waals surface area contributed by atoms with Crippen molar-refractivity contribution in [1.29, 1.82) is 0 Å². The molecule has 0 bridgehead atoms. The van der Waals surface area contributed by atoms with Crippen LogP contribution < -0.4 is 10.1 Å². The summed E-state index contributed by atoms with van der Waals surface area (Å²) < 4.78 is 64.0. The number of carbonyl (C=O) groups excluding carboxylic acids is 1. The van der Waals surface area contributed by atoms with Crippen molar-refractivity contribution in [3.8, 4) is 5.75 Å². The van der Waals surface area contributed by atoms with Crippen LogP contribution in [0.15, 0.2) is 46.2 Å². The van der Waals surface area contributed by atoms with Crippen molar-refractivity contribution in [2.24, 2.45) is 0 Å². The van der Waals surface area contributed by atoms with E-state index in [-0.39, 0.29) is 39.9 Å². The van der Waals surface area contributed by atoms with E-state index < -0.39 is 26.0 Å². The van der Waals surface area contributed by atoms with Gasteiger partial charge in [0.05, 0.1) is 35.7 Å². The van der Waals surface area contributed by atoms with Gasteiger partial charge in [-0.2, -0.15) is 4.31 Å². The number of anilines is 1. The number of nitrogens with one attached hydrogen (secondary N) is 1. The van der Waals surface area contributed by atoms with E-state index in [2.05, 4.69) is 5.32 Å². The Kier molecular flexibility index (Phi) is 7.44. The molecule has 1 aliphatic heterocycles. The van der Waals surface area contributed by atoms with Gasteiger partial charge in [0.1, 0.15) is 5.75 Å². The number of ether oxygens (including phenoxy) is 2. The lowest BCUT2D eigenvalue weighted by molar-refractivity contribution is 0.0730. The molecule has 0 unspecified atom stereocenters. The van der Waals surface area contributed by atoms with Crippen molar-refractivity contribution >= 4 is 31.6 Å². The van der Waals surface area contributed by atoms with Crippen LogP contribution >= 0.6 is 0 Å². The largest absolute Gasteiger partial charge is 0.496 e. The number of benzene rings is 2. The Balaban J connectivity index is 1.95. The zero-order valence-electron chi connectivity index (χ0n) is 18.9. The predicted molar refractivity (Wildman–Crippen MR) is 123 cm³/mol. The van der Waals surface area contributed by atoms with Gasteiger partial charge >= 0.3 is 0 Å². The van der Waals surface area contributed by atoms with Crippen molar-refractivity contribution in [3.05, 3.63) is 47.5 Å². The number of aryl methyl sites for hydroxylation is 1. The third-order valence-electron chi connectivity index (χ3n) is 5.23. The Morgan fingerprint density at radius 2 is 1.73 bits per heavy atom. The lowest BCUT2D eigenvalue weighted by Crippen LogP contribution is -2.40. The monoisotopic (exact) mass is 497 g/mol. The molecular weight excluding hydrogens is 470 g/mol. The Labute approximate surface area is 194 Å². The third-order valence-corrected chi connectivity index (χ3v) is 9.08. The summed E-state index contributed by atoms with van der Waals surface area (Å²) in [6.07, 6.45) is 0. The van der Waals surface area contributed by atoms with E-state index in [9.17, 15) is 21.6 Å². The average molecular weight is 498 g/mol. The minimum absolute atomic E-state index is 0.00410. The molecule has 1 amide bonds. The number of hydrogen-bond donors (Lipinski definition) is 1. The van der Waals surface area contributed by atoms with Gasteiger partial charge in [0, 0.05) is 32.9 Å². The molecule has 2 aromatic carbocycles. The summed E-state index contributed by atoms with van der Waals surface area (Å²) in [7, 11) is -3.33. The Morgan fingerprint density at radius 3 is 2.33 bits per heavy atom. The molecule has 1 fully saturated rings. The van der Waals surface area contributed by atoms with Crippen LogP contribution in [0.2, 0.25) is 0 Å². The molecule has 10 nitrogen and oxygen atoms in total. The molecular formula is C21H27N3O7S2. The fourth-order valence-electron chi connectivity index (χ4n) is 3.31. The second kappa shape index (κ2) is 9.77. The maximum absolute atomic E-state index is 13.0. The lowest BCUT2D eigenvalue weighted by Gasteiger charge is -2.26. The van der Waals surface area contributed by atoms with Gasteiger partial charge in [-0.05, 0) is 42.8 Å². The van der Waals surface area contributed by atoms with Crippen LogP contribution in [-0.4, -0.2) is 78.9 Å². The van der Waals surface area contributed by atoms with Crippen LogP contribution in [0.4, 0.5) is 5.69 Å². The molecule has 1 saturated heterocycles. The van der Waals surface area contributed by atoms with E-state index >= 15 is 0 Å². The molecule has 0 aromatic heterocycles. The molecule has 0 aliphatic carbocycles. The van der Waals surface area contributed by atoms with Gasteiger partial charge in [0.2, 0.25) is 20.0 Å². The maximum atomic E-state index is 13.0. The van der Waals surface area contributed by atoms with Gasteiger partial charge in [-0.1, -0.05) is 6.07 Å². The van der Waals surface area contributed by atoms with Crippen LogP contribution in [0.25, 0.3) is 0 Å². The summed E-state index contributed by atoms with van der Waals surface area (Å²) >= 11 is 0. The van der Waals surface area contributed by atoms with Crippen LogP contribution in [-0.2, 0) is 24.8 Å². The number of hydrogen-bond acceptors (Lipinski definition) is 7. The Hall–Kier alpha value is -2.51. The highest BCUT2D eigenvalue weighted by Gasteiger charge is 2.28. The lowest BCUT2D eigenvalue weighted by atomic mass is 10.1. The molecule has 0 radical (unpaired) electrons. The van der Waals surface area contributed by atoms with E-state index in [4.69, 9.17) is 9.47 Å². The molecule has 0 atom stereocenters. The second-order valence-corrected chi connectivity index (χ2v) is 11.7. The van der Waals surface area contributed by atoms with Gasteiger partial charge in [-0.3, -0.25) is 4.79 Å². The number of sulfonamides is 2. The van der Waals surface area contributed by atoms with Crippen molar-refractivity contribution in [1.82, 2.24) is 8.61 Å². The van der Waals surface area contributed by atoms with Gasteiger partial charge in [0.15, 0.2) is 0 Å². The molecule has 1 aliphatic rings. The zero-order chi connectivity index (χ0) is 24.4. The van der Waals surface area contributed by atoms with E-state index in [1.54, 1.807) is 19.1 Å². The first-order chi connectivity index (χ1) is 15.5. The average Bonchev–Trinajstić information content (AvgIpc) is 2.80. The Morgan fingerprint density at radius 1 is 1.06 bits per heavy atom.